The van der Waals surface area contributed by atoms with Crippen LogP contribution in [0.15, 0.2) is 28.7 Å². The van der Waals surface area contributed by atoms with Gasteiger partial charge in [0.1, 0.15) is 6.04 Å². The summed E-state index contributed by atoms with van der Waals surface area (Å²) < 4.78 is 5.98. The molecule has 0 radical (unpaired) electrons. The summed E-state index contributed by atoms with van der Waals surface area (Å²) in [5.41, 5.74) is 0.952. The number of nitrogens with one attached hydrogen (secondary N) is 1. The van der Waals surface area contributed by atoms with Crippen molar-refractivity contribution >= 4 is 27.6 Å². The predicted molar refractivity (Wildman–Crippen MR) is 84.7 cm³/mol. The molecule has 1 aromatic carbocycles. The zero-order valence-electron chi connectivity index (χ0n) is 12.1. The van der Waals surface area contributed by atoms with Gasteiger partial charge in [0.15, 0.2) is 0 Å². The highest BCUT2D eigenvalue weighted by Crippen LogP contribution is 2.32. The molecule has 1 N–H and O–H groups in total. The normalized spacial score (nSPS) is 23.9. The number of methoxy groups -OCH3 is 1. The van der Waals surface area contributed by atoms with Gasteiger partial charge in [0, 0.05) is 10.2 Å². The SMILES string of the molecule is COC(=O)C(Nc1cccc(Br)c1)C1CCC(C)CC1. The van der Waals surface area contributed by atoms with Crippen molar-refractivity contribution in [3.05, 3.63) is 28.7 Å². The first-order valence-electron chi connectivity index (χ1n) is 7.20. The van der Waals surface area contributed by atoms with Gasteiger partial charge in [-0.2, -0.15) is 0 Å². The van der Waals surface area contributed by atoms with E-state index >= 15 is 0 Å². The first-order valence-corrected chi connectivity index (χ1v) is 7.99. The van der Waals surface area contributed by atoms with Gasteiger partial charge >= 0.3 is 5.97 Å². The molecule has 0 amide bonds. The zero-order valence-corrected chi connectivity index (χ0v) is 13.7. The molecule has 2 rings (SSSR count). The molecule has 1 aliphatic carbocycles. The summed E-state index contributed by atoms with van der Waals surface area (Å²) in [7, 11) is 1.46. The number of rotatable bonds is 4. The van der Waals surface area contributed by atoms with Crippen molar-refractivity contribution in [1.82, 2.24) is 0 Å². The van der Waals surface area contributed by atoms with Gasteiger partial charge in [0.05, 0.1) is 7.11 Å². The highest BCUT2D eigenvalue weighted by Gasteiger charge is 2.31. The first-order chi connectivity index (χ1) is 9.60. The third-order valence-electron chi connectivity index (χ3n) is 4.13. The van der Waals surface area contributed by atoms with E-state index in [1.165, 1.54) is 20.0 Å². The van der Waals surface area contributed by atoms with Crippen molar-refractivity contribution < 1.29 is 9.53 Å². The van der Waals surface area contributed by atoms with E-state index in [0.717, 1.165) is 28.9 Å². The molecule has 0 aliphatic heterocycles. The van der Waals surface area contributed by atoms with Crippen molar-refractivity contribution in [3.8, 4) is 0 Å². The van der Waals surface area contributed by atoms with Gasteiger partial charge in [-0.15, -0.1) is 0 Å². The minimum atomic E-state index is -0.248. The van der Waals surface area contributed by atoms with E-state index in [1.807, 2.05) is 24.3 Å². The number of esters is 1. The fourth-order valence-corrected chi connectivity index (χ4v) is 3.27. The minimum Gasteiger partial charge on any atom is -0.467 e. The molecule has 0 aromatic heterocycles. The van der Waals surface area contributed by atoms with Crippen LogP contribution in [0.5, 0.6) is 0 Å². The zero-order chi connectivity index (χ0) is 14.5. The van der Waals surface area contributed by atoms with Crippen LogP contribution in [-0.2, 0) is 9.53 Å². The average Bonchev–Trinajstić information content (AvgIpc) is 2.45. The standard InChI is InChI=1S/C16H22BrNO2/c1-11-6-8-12(9-7-11)15(16(19)20-2)18-14-5-3-4-13(17)10-14/h3-5,10-12,15,18H,6-9H2,1-2H3. The van der Waals surface area contributed by atoms with E-state index in [4.69, 9.17) is 4.74 Å². The summed E-state index contributed by atoms with van der Waals surface area (Å²) >= 11 is 3.45. The van der Waals surface area contributed by atoms with Crippen molar-refractivity contribution in [2.75, 3.05) is 12.4 Å². The van der Waals surface area contributed by atoms with E-state index < -0.39 is 0 Å². The van der Waals surface area contributed by atoms with Crippen LogP contribution < -0.4 is 5.32 Å². The largest absolute Gasteiger partial charge is 0.467 e. The van der Waals surface area contributed by atoms with Crippen LogP contribution in [-0.4, -0.2) is 19.1 Å². The molecule has 1 fully saturated rings. The molecule has 1 unspecified atom stereocenters. The maximum absolute atomic E-state index is 12.1. The maximum Gasteiger partial charge on any atom is 0.328 e. The molecular formula is C16H22BrNO2. The molecule has 0 saturated heterocycles. The summed E-state index contributed by atoms with van der Waals surface area (Å²) in [6.07, 6.45) is 4.56. The second-order valence-corrected chi connectivity index (χ2v) is 6.59. The lowest BCUT2D eigenvalue weighted by atomic mass is 9.79. The highest BCUT2D eigenvalue weighted by atomic mass is 79.9. The lowest BCUT2D eigenvalue weighted by Crippen LogP contribution is -2.39. The van der Waals surface area contributed by atoms with Gasteiger partial charge in [-0.3, -0.25) is 0 Å². The van der Waals surface area contributed by atoms with Crippen LogP contribution in [0.1, 0.15) is 32.6 Å². The molecule has 1 saturated carbocycles. The van der Waals surface area contributed by atoms with Crippen LogP contribution >= 0.6 is 15.9 Å². The minimum absolute atomic E-state index is 0.162. The maximum atomic E-state index is 12.1. The Kier molecular flexibility index (Phi) is 5.46. The molecular weight excluding hydrogens is 318 g/mol. The van der Waals surface area contributed by atoms with Gasteiger partial charge in [0.2, 0.25) is 0 Å². The quantitative estimate of drug-likeness (QED) is 0.834. The second kappa shape index (κ2) is 7.11. The number of carbonyl (C=O) groups excluding carboxylic acids is 1. The smallest absolute Gasteiger partial charge is 0.328 e. The molecule has 4 heteroatoms. The Morgan fingerprint density at radius 1 is 1.35 bits per heavy atom. The van der Waals surface area contributed by atoms with Crippen molar-refractivity contribution in [1.29, 1.82) is 0 Å². The van der Waals surface area contributed by atoms with Crippen LogP contribution in [0.2, 0.25) is 0 Å². The lowest BCUT2D eigenvalue weighted by Gasteiger charge is -2.32. The third-order valence-corrected chi connectivity index (χ3v) is 4.63. The topological polar surface area (TPSA) is 38.3 Å². The molecule has 1 aliphatic rings. The fourth-order valence-electron chi connectivity index (χ4n) is 2.87. The van der Waals surface area contributed by atoms with Crippen molar-refractivity contribution in [3.63, 3.8) is 0 Å². The van der Waals surface area contributed by atoms with Crippen LogP contribution in [0.25, 0.3) is 0 Å². The molecule has 0 bridgehead atoms. The number of hydrogen-bond acceptors (Lipinski definition) is 3. The van der Waals surface area contributed by atoms with Crippen LogP contribution in [0.4, 0.5) is 5.69 Å². The Bertz CT molecular complexity index is 456. The Hall–Kier alpha value is -1.03. The molecule has 1 aromatic rings. The molecule has 0 spiro atoms. The monoisotopic (exact) mass is 339 g/mol. The van der Waals surface area contributed by atoms with Gasteiger partial charge < -0.3 is 10.1 Å². The highest BCUT2D eigenvalue weighted by molar-refractivity contribution is 9.10. The second-order valence-electron chi connectivity index (χ2n) is 5.68. The van der Waals surface area contributed by atoms with Crippen LogP contribution in [0.3, 0.4) is 0 Å². The van der Waals surface area contributed by atoms with E-state index in [2.05, 4.69) is 28.2 Å². The fraction of sp³-hybridized carbons (Fsp3) is 0.562. The van der Waals surface area contributed by atoms with E-state index in [1.54, 1.807) is 0 Å². The van der Waals surface area contributed by atoms with Crippen molar-refractivity contribution in [2.45, 2.75) is 38.6 Å². The average molecular weight is 340 g/mol. The Labute approximate surface area is 129 Å². The van der Waals surface area contributed by atoms with Crippen LogP contribution in [0, 0.1) is 11.8 Å². The van der Waals surface area contributed by atoms with E-state index in [9.17, 15) is 4.79 Å². The van der Waals surface area contributed by atoms with Gasteiger partial charge in [-0.05, 0) is 42.9 Å². The summed E-state index contributed by atoms with van der Waals surface area (Å²) in [5, 5.41) is 3.35. The Morgan fingerprint density at radius 3 is 2.65 bits per heavy atom. The summed E-state index contributed by atoms with van der Waals surface area (Å²) in [6, 6.07) is 7.65. The Balaban J connectivity index is 2.09. The number of benzene rings is 1. The number of halogens is 1. The summed E-state index contributed by atoms with van der Waals surface area (Å²) in [4.78, 5) is 12.1. The summed E-state index contributed by atoms with van der Waals surface area (Å²) in [6.45, 7) is 2.28. The van der Waals surface area contributed by atoms with Gasteiger partial charge in [-0.25, -0.2) is 4.79 Å². The number of anilines is 1. The third kappa shape index (κ3) is 3.98. The van der Waals surface area contributed by atoms with E-state index in [-0.39, 0.29) is 12.0 Å². The lowest BCUT2D eigenvalue weighted by molar-refractivity contribution is -0.143. The van der Waals surface area contributed by atoms with Gasteiger partial charge in [-0.1, -0.05) is 41.8 Å². The number of hydrogen-bond donors (Lipinski definition) is 1. The molecule has 110 valence electrons. The molecule has 3 nitrogen and oxygen atoms in total. The summed E-state index contributed by atoms with van der Waals surface area (Å²) in [5.74, 6) is 0.970. The predicted octanol–water partition coefficient (Wildman–Crippen LogP) is 4.23. The molecule has 1 atom stereocenters. The molecule has 0 heterocycles. The first kappa shape index (κ1) is 15.4. The van der Waals surface area contributed by atoms with E-state index in [0.29, 0.717) is 5.92 Å². The number of ether oxygens (including phenoxy) is 1. The van der Waals surface area contributed by atoms with Gasteiger partial charge in [0.25, 0.3) is 0 Å². The van der Waals surface area contributed by atoms with Crippen molar-refractivity contribution in [2.24, 2.45) is 11.8 Å². The Morgan fingerprint density at radius 2 is 2.05 bits per heavy atom. The number of carbonyl (C=O) groups is 1. The molecule has 20 heavy (non-hydrogen) atoms.